The minimum atomic E-state index is -0.504. The highest BCUT2D eigenvalue weighted by Crippen LogP contribution is 2.49. The van der Waals surface area contributed by atoms with Crippen molar-refractivity contribution in [1.82, 2.24) is 5.32 Å². The third kappa shape index (κ3) is 3.65. The highest BCUT2D eigenvalue weighted by molar-refractivity contribution is 6.30. The highest BCUT2D eigenvalue weighted by atomic mass is 35.5. The summed E-state index contributed by atoms with van der Waals surface area (Å²) in [5.41, 5.74) is 0.943. The van der Waals surface area contributed by atoms with Gasteiger partial charge in [-0.15, -0.1) is 0 Å². The molecule has 2 bridgehead atoms. The first kappa shape index (κ1) is 16.6. The monoisotopic (exact) mass is 335 g/mol. The molecule has 2 fully saturated rings. The number of amides is 1. The van der Waals surface area contributed by atoms with Gasteiger partial charge in [-0.05, 0) is 81.5 Å². The fourth-order valence-electron chi connectivity index (χ4n) is 4.34. The lowest BCUT2D eigenvalue weighted by molar-refractivity contribution is -0.128. The van der Waals surface area contributed by atoms with Crippen LogP contribution >= 0.6 is 11.6 Å². The lowest BCUT2D eigenvalue weighted by atomic mass is 9.84. The quantitative estimate of drug-likeness (QED) is 0.868. The van der Waals surface area contributed by atoms with E-state index in [0.717, 1.165) is 17.4 Å². The van der Waals surface area contributed by atoms with Gasteiger partial charge in [-0.1, -0.05) is 18.0 Å². The van der Waals surface area contributed by atoms with Crippen LogP contribution in [0, 0.1) is 24.7 Å². The molecule has 5 atom stereocenters. The van der Waals surface area contributed by atoms with Crippen molar-refractivity contribution in [3.63, 3.8) is 0 Å². The lowest BCUT2D eigenvalue weighted by Crippen LogP contribution is -2.45. The predicted molar refractivity (Wildman–Crippen MR) is 92.8 cm³/mol. The van der Waals surface area contributed by atoms with E-state index in [0.29, 0.717) is 16.7 Å². The van der Waals surface area contributed by atoms with E-state index in [-0.39, 0.29) is 11.9 Å². The molecule has 0 unspecified atom stereocenters. The largest absolute Gasteiger partial charge is 0.481 e. The smallest absolute Gasteiger partial charge is 0.260 e. The van der Waals surface area contributed by atoms with Crippen molar-refractivity contribution < 1.29 is 9.53 Å². The van der Waals surface area contributed by atoms with E-state index in [4.69, 9.17) is 16.3 Å². The van der Waals surface area contributed by atoms with Crippen molar-refractivity contribution in [2.24, 2.45) is 17.8 Å². The molecule has 3 nitrogen and oxygen atoms in total. The third-order valence-corrected chi connectivity index (χ3v) is 5.85. The Bertz CT molecular complexity index is 589. The van der Waals surface area contributed by atoms with Crippen LogP contribution in [0.5, 0.6) is 5.75 Å². The summed E-state index contributed by atoms with van der Waals surface area (Å²) in [6.45, 7) is 5.88. The Morgan fingerprint density at radius 2 is 2.09 bits per heavy atom. The number of fused-ring (bicyclic) bond motifs is 2. The van der Waals surface area contributed by atoms with Gasteiger partial charge < -0.3 is 10.1 Å². The van der Waals surface area contributed by atoms with E-state index in [2.05, 4.69) is 12.2 Å². The van der Waals surface area contributed by atoms with Crippen LogP contribution in [0.2, 0.25) is 5.02 Å². The van der Waals surface area contributed by atoms with Crippen molar-refractivity contribution in [2.75, 3.05) is 0 Å². The van der Waals surface area contributed by atoms with Gasteiger partial charge in [-0.3, -0.25) is 4.79 Å². The van der Waals surface area contributed by atoms with Gasteiger partial charge in [0, 0.05) is 11.1 Å². The summed E-state index contributed by atoms with van der Waals surface area (Å²) < 4.78 is 5.82. The molecular weight excluding hydrogens is 310 g/mol. The molecule has 0 radical (unpaired) electrons. The number of aryl methyl sites for hydroxylation is 1. The van der Waals surface area contributed by atoms with Crippen LogP contribution in [0.25, 0.3) is 0 Å². The molecule has 0 aromatic heterocycles. The maximum atomic E-state index is 12.4. The second kappa shape index (κ2) is 6.72. The Hall–Kier alpha value is -1.22. The van der Waals surface area contributed by atoms with Gasteiger partial charge in [0.25, 0.3) is 5.91 Å². The maximum Gasteiger partial charge on any atom is 0.260 e. The lowest BCUT2D eigenvalue weighted by Gasteiger charge is -2.29. The zero-order chi connectivity index (χ0) is 16.6. The fourth-order valence-corrected chi connectivity index (χ4v) is 4.57. The minimum Gasteiger partial charge on any atom is -0.481 e. The van der Waals surface area contributed by atoms with Crippen molar-refractivity contribution in [3.05, 3.63) is 28.8 Å². The molecule has 3 rings (SSSR count). The third-order valence-electron chi connectivity index (χ3n) is 5.61. The fraction of sp³-hybridized carbons (Fsp3) is 0.632. The Balaban J connectivity index is 1.55. The average molecular weight is 336 g/mol. The van der Waals surface area contributed by atoms with E-state index in [1.165, 1.54) is 25.7 Å². The summed E-state index contributed by atoms with van der Waals surface area (Å²) in [6, 6.07) is 5.68. The molecular formula is C19H26ClNO2. The van der Waals surface area contributed by atoms with Crippen LogP contribution in [0.1, 0.15) is 45.1 Å². The maximum absolute atomic E-state index is 12.4. The van der Waals surface area contributed by atoms with Gasteiger partial charge in [-0.25, -0.2) is 0 Å². The van der Waals surface area contributed by atoms with E-state index in [1.807, 2.05) is 19.1 Å². The Labute approximate surface area is 143 Å². The van der Waals surface area contributed by atoms with E-state index < -0.39 is 6.10 Å². The summed E-state index contributed by atoms with van der Waals surface area (Å²) in [6.07, 6.45) is 4.86. The summed E-state index contributed by atoms with van der Waals surface area (Å²) in [4.78, 5) is 12.4. The van der Waals surface area contributed by atoms with Gasteiger partial charge in [0.15, 0.2) is 6.10 Å². The molecule has 0 spiro atoms. The van der Waals surface area contributed by atoms with Gasteiger partial charge in [0.1, 0.15) is 5.75 Å². The second-order valence-electron chi connectivity index (χ2n) is 7.31. The predicted octanol–water partition coefficient (Wildman–Crippen LogP) is 4.36. The minimum absolute atomic E-state index is 0.0328. The number of halogens is 1. The topological polar surface area (TPSA) is 38.3 Å². The van der Waals surface area contributed by atoms with Crippen molar-refractivity contribution in [3.8, 4) is 5.75 Å². The van der Waals surface area contributed by atoms with Crippen LogP contribution in [0.15, 0.2) is 18.2 Å². The molecule has 23 heavy (non-hydrogen) atoms. The number of ether oxygens (including phenoxy) is 1. The number of hydrogen-bond acceptors (Lipinski definition) is 2. The molecule has 0 heterocycles. The molecule has 1 aromatic carbocycles. The molecule has 4 heteroatoms. The van der Waals surface area contributed by atoms with E-state index in [9.17, 15) is 4.79 Å². The summed E-state index contributed by atoms with van der Waals surface area (Å²) >= 11 is 5.95. The standard InChI is InChI=1S/C19H26ClNO2/c1-11-8-16(20)6-7-18(11)23-13(3)19(22)21-12(2)17-10-14-4-5-15(17)9-14/h6-8,12-15,17H,4-5,9-10H2,1-3H3,(H,21,22)/t12-,13-,14+,15+,17-/m0/s1. The number of carbonyl (C=O) groups is 1. The molecule has 1 N–H and O–H groups in total. The molecule has 0 saturated heterocycles. The summed E-state index contributed by atoms with van der Waals surface area (Å²) in [7, 11) is 0. The number of hydrogen-bond donors (Lipinski definition) is 1. The molecule has 2 aliphatic carbocycles. The number of carbonyl (C=O) groups excluding carboxylic acids is 1. The van der Waals surface area contributed by atoms with Crippen LogP contribution in [0.4, 0.5) is 0 Å². The van der Waals surface area contributed by atoms with E-state index >= 15 is 0 Å². The van der Waals surface area contributed by atoms with Crippen LogP contribution in [-0.2, 0) is 4.79 Å². The summed E-state index contributed by atoms with van der Waals surface area (Å²) in [5, 5.41) is 3.85. The number of benzene rings is 1. The van der Waals surface area contributed by atoms with Gasteiger partial charge in [-0.2, -0.15) is 0 Å². The van der Waals surface area contributed by atoms with Gasteiger partial charge >= 0.3 is 0 Å². The van der Waals surface area contributed by atoms with Crippen LogP contribution < -0.4 is 10.1 Å². The van der Waals surface area contributed by atoms with Crippen LogP contribution in [-0.4, -0.2) is 18.1 Å². The zero-order valence-corrected chi connectivity index (χ0v) is 14.9. The average Bonchev–Trinajstić information content (AvgIpc) is 3.12. The first-order valence-corrected chi connectivity index (χ1v) is 9.05. The molecule has 1 aromatic rings. The first-order chi connectivity index (χ1) is 10.9. The molecule has 0 aliphatic heterocycles. The molecule has 2 saturated carbocycles. The Kier molecular flexibility index (Phi) is 4.86. The molecule has 1 amide bonds. The zero-order valence-electron chi connectivity index (χ0n) is 14.1. The number of rotatable bonds is 5. The molecule has 126 valence electrons. The number of nitrogens with one attached hydrogen (secondary N) is 1. The Morgan fingerprint density at radius 3 is 2.70 bits per heavy atom. The van der Waals surface area contributed by atoms with Crippen molar-refractivity contribution >= 4 is 17.5 Å². The second-order valence-corrected chi connectivity index (χ2v) is 7.74. The molecule has 2 aliphatic rings. The van der Waals surface area contributed by atoms with Gasteiger partial charge in [0.05, 0.1) is 0 Å². The van der Waals surface area contributed by atoms with Gasteiger partial charge in [0.2, 0.25) is 0 Å². The SMILES string of the molecule is Cc1cc(Cl)ccc1O[C@@H](C)C(=O)N[C@@H](C)[C@@H]1C[C@@H]2CC[C@@H]1C2. The Morgan fingerprint density at radius 1 is 1.30 bits per heavy atom. The van der Waals surface area contributed by atoms with E-state index in [1.54, 1.807) is 13.0 Å². The highest BCUT2D eigenvalue weighted by Gasteiger charge is 2.42. The first-order valence-electron chi connectivity index (χ1n) is 8.67. The van der Waals surface area contributed by atoms with Crippen LogP contribution in [0.3, 0.4) is 0 Å². The van der Waals surface area contributed by atoms with Crippen molar-refractivity contribution in [1.29, 1.82) is 0 Å². The van der Waals surface area contributed by atoms with Crippen molar-refractivity contribution in [2.45, 2.75) is 58.6 Å². The normalized spacial score (nSPS) is 28.4. The summed E-state index contributed by atoms with van der Waals surface area (Å²) in [5.74, 6) is 3.03.